The van der Waals surface area contributed by atoms with Crippen molar-refractivity contribution in [3.63, 3.8) is 0 Å². The molecular formula is C59H36N4S. The Morgan fingerprint density at radius 1 is 0.297 bits per heavy atom. The Balaban J connectivity index is 0.989. The Morgan fingerprint density at radius 3 is 1.58 bits per heavy atom. The number of thiophene rings is 1. The van der Waals surface area contributed by atoms with Crippen molar-refractivity contribution >= 4 is 74.9 Å². The molecule has 64 heavy (non-hydrogen) atoms. The van der Waals surface area contributed by atoms with Gasteiger partial charge in [0.1, 0.15) is 0 Å². The average molecular weight is 833 g/mol. The highest BCUT2D eigenvalue weighted by Crippen LogP contribution is 2.40. The normalized spacial score (nSPS) is 11.8. The van der Waals surface area contributed by atoms with E-state index in [4.69, 9.17) is 15.0 Å². The van der Waals surface area contributed by atoms with Crippen molar-refractivity contribution < 1.29 is 0 Å². The molecule has 13 aromatic rings. The first-order chi connectivity index (χ1) is 31.7. The molecule has 0 bridgehead atoms. The molecule has 0 fully saturated rings. The lowest BCUT2D eigenvalue weighted by molar-refractivity contribution is 1.07. The molecule has 0 N–H and O–H groups in total. The maximum Gasteiger partial charge on any atom is 0.164 e. The minimum Gasteiger partial charge on any atom is -0.309 e. The Labute approximate surface area is 373 Å². The molecule has 0 aliphatic heterocycles. The van der Waals surface area contributed by atoms with Crippen LogP contribution in [-0.2, 0) is 0 Å². The summed E-state index contributed by atoms with van der Waals surface area (Å²) in [4.78, 5) is 15.8. The minimum atomic E-state index is 0.611. The van der Waals surface area contributed by atoms with Crippen molar-refractivity contribution in [3.8, 4) is 62.1 Å². The van der Waals surface area contributed by atoms with Gasteiger partial charge in [0.2, 0.25) is 0 Å². The molecule has 4 nitrogen and oxygen atoms in total. The zero-order chi connectivity index (χ0) is 42.1. The third-order valence-corrected chi connectivity index (χ3v) is 13.8. The van der Waals surface area contributed by atoms with Crippen molar-refractivity contribution in [2.24, 2.45) is 0 Å². The quantitative estimate of drug-likeness (QED) is 0.157. The molecule has 0 saturated heterocycles. The van der Waals surface area contributed by atoms with Gasteiger partial charge in [0.15, 0.2) is 17.5 Å². The summed E-state index contributed by atoms with van der Waals surface area (Å²) in [6.07, 6.45) is 0. The van der Waals surface area contributed by atoms with E-state index in [0.717, 1.165) is 55.5 Å². The predicted molar refractivity (Wildman–Crippen MR) is 269 cm³/mol. The lowest BCUT2D eigenvalue weighted by Gasteiger charge is -2.16. The van der Waals surface area contributed by atoms with Crippen LogP contribution in [0, 0.1) is 0 Å². The van der Waals surface area contributed by atoms with E-state index >= 15 is 0 Å². The SMILES string of the molecule is c1ccc(-c2ccc(-c3nc(-c4ccc(-c5ccc6c(c5)sc5ccccc56)cc4)nc(-c4ccc5c(ccc6ccccc65)c4)n3)cc2-n2c3ccccc3c3ccccc32)cc1. The van der Waals surface area contributed by atoms with Gasteiger partial charge in [0, 0.05) is 53.2 Å². The number of hydrogen-bond donors (Lipinski definition) is 0. The summed E-state index contributed by atoms with van der Waals surface area (Å²) in [5.74, 6) is 1.86. The molecule has 0 aliphatic rings. The van der Waals surface area contributed by atoms with Crippen molar-refractivity contribution in [2.75, 3.05) is 0 Å². The van der Waals surface area contributed by atoms with E-state index in [1.807, 2.05) is 11.3 Å². The number of rotatable bonds is 6. The molecule has 0 aliphatic carbocycles. The summed E-state index contributed by atoms with van der Waals surface area (Å²) in [7, 11) is 0. The lowest BCUT2D eigenvalue weighted by atomic mass is 9.99. The van der Waals surface area contributed by atoms with Crippen molar-refractivity contribution in [1.82, 2.24) is 19.5 Å². The zero-order valence-electron chi connectivity index (χ0n) is 34.5. The molecule has 3 aromatic heterocycles. The molecule has 13 rings (SSSR count). The van der Waals surface area contributed by atoms with Gasteiger partial charge in [0.05, 0.1) is 16.7 Å². The first kappa shape index (κ1) is 36.4. The summed E-state index contributed by atoms with van der Waals surface area (Å²) >= 11 is 1.84. The number of fused-ring (bicyclic) bond motifs is 9. The van der Waals surface area contributed by atoms with Gasteiger partial charge in [-0.05, 0) is 74.6 Å². The largest absolute Gasteiger partial charge is 0.309 e. The molecule has 10 aromatic carbocycles. The fourth-order valence-corrected chi connectivity index (χ4v) is 10.7. The van der Waals surface area contributed by atoms with Gasteiger partial charge >= 0.3 is 0 Å². The monoisotopic (exact) mass is 832 g/mol. The van der Waals surface area contributed by atoms with E-state index in [1.165, 1.54) is 52.7 Å². The predicted octanol–water partition coefficient (Wildman–Crippen LogP) is 16.0. The van der Waals surface area contributed by atoms with Crippen LogP contribution in [0.5, 0.6) is 0 Å². The Bertz CT molecular complexity index is 3900. The maximum absolute atomic E-state index is 5.30. The topological polar surface area (TPSA) is 43.6 Å². The third kappa shape index (κ3) is 6.01. The Morgan fingerprint density at radius 2 is 0.812 bits per heavy atom. The average Bonchev–Trinajstić information content (AvgIpc) is 3.91. The number of hydrogen-bond acceptors (Lipinski definition) is 4. The number of nitrogens with zero attached hydrogens (tertiary/aromatic N) is 4. The molecule has 0 unspecified atom stereocenters. The zero-order valence-corrected chi connectivity index (χ0v) is 35.3. The second-order valence-corrected chi connectivity index (χ2v) is 17.5. The number of aromatic nitrogens is 4. The molecular weight excluding hydrogens is 797 g/mol. The lowest BCUT2D eigenvalue weighted by Crippen LogP contribution is -2.02. The van der Waals surface area contributed by atoms with Crippen molar-refractivity contribution in [1.29, 1.82) is 0 Å². The van der Waals surface area contributed by atoms with E-state index in [1.54, 1.807) is 0 Å². The summed E-state index contributed by atoms with van der Waals surface area (Å²) in [6.45, 7) is 0. The van der Waals surface area contributed by atoms with E-state index in [-0.39, 0.29) is 0 Å². The van der Waals surface area contributed by atoms with Crippen LogP contribution >= 0.6 is 11.3 Å². The molecule has 0 spiro atoms. The second kappa shape index (κ2) is 14.7. The molecule has 0 saturated carbocycles. The molecule has 298 valence electrons. The van der Waals surface area contributed by atoms with E-state index < -0.39 is 0 Å². The maximum atomic E-state index is 5.30. The minimum absolute atomic E-state index is 0.611. The highest BCUT2D eigenvalue weighted by Gasteiger charge is 2.19. The standard InChI is InChI=1S/C59H36N4S/c1-2-12-38(13-3-1)47-32-30-44(35-54(47)63-52-19-9-6-16-48(52)49-17-7-10-20-53(49)63)59-61-57(60-58(62-59)43-29-31-46-42(34-43)27-24-39-14-4-5-15-45(39)46)40-25-22-37(23-26-40)41-28-33-51-50-18-8-11-21-55(50)64-56(51)36-41/h1-36H. The molecule has 0 atom stereocenters. The van der Waals surface area contributed by atoms with E-state index in [2.05, 4.69) is 223 Å². The van der Waals surface area contributed by atoms with Gasteiger partial charge < -0.3 is 4.57 Å². The van der Waals surface area contributed by atoms with Crippen LogP contribution in [0.25, 0.3) is 126 Å². The first-order valence-electron chi connectivity index (χ1n) is 21.6. The highest BCUT2D eigenvalue weighted by atomic mass is 32.1. The van der Waals surface area contributed by atoms with Crippen LogP contribution in [0.2, 0.25) is 0 Å². The third-order valence-electron chi connectivity index (χ3n) is 12.7. The van der Waals surface area contributed by atoms with Crippen LogP contribution < -0.4 is 0 Å². The fraction of sp³-hybridized carbons (Fsp3) is 0. The summed E-state index contributed by atoms with van der Waals surface area (Å²) in [5.41, 5.74) is 10.7. The first-order valence-corrected chi connectivity index (χ1v) is 22.4. The molecule has 0 amide bonds. The van der Waals surface area contributed by atoms with Crippen LogP contribution in [0.1, 0.15) is 0 Å². The van der Waals surface area contributed by atoms with Crippen LogP contribution in [0.4, 0.5) is 0 Å². The van der Waals surface area contributed by atoms with Gasteiger partial charge in [-0.2, -0.15) is 0 Å². The van der Waals surface area contributed by atoms with Crippen molar-refractivity contribution in [2.45, 2.75) is 0 Å². The van der Waals surface area contributed by atoms with Crippen LogP contribution in [0.3, 0.4) is 0 Å². The van der Waals surface area contributed by atoms with Gasteiger partial charge in [-0.25, -0.2) is 15.0 Å². The Kier molecular flexibility index (Phi) is 8.36. The summed E-state index contributed by atoms with van der Waals surface area (Å²) < 4.78 is 4.99. The summed E-state index contributed by atoms with van der Waals surface area (Å²) in [6, 6.07) is 78.1. The smallest absolute Gasteiger partial charge is 0.164 e. The number of benzene rings is 10. The van der Waals surface area contributed by atoms with Crippen LogP contribution in [0.15, 0.2) is 218 Å². The van der Waals surface area contributed by atoms with Gasteiger partial charge in [0.25, 0.3) is 0 Å². The highest BCUT2D eigenvalue weighted by molar-refractivity contribution is 7.25. The van der Waals surface area contributed by atoms with E-state index in [9.17, 15) is 0 Å². The molecule has 0 radical (unpaired) electrons. The van der Waals surface area contributed by atoms with Gasteiger partial charge in [-0.15, -0.1) is 11.3 Å². The van der Waals surface area contributed by atoms with Crippen molar-refractivity contribution in [3.05, 3.63) is 218 Å². The van der Waals surface area contributed by atoms with Crippen LogP contribution in [-0.4, -0.2) is 19.5 Å². The van der Waals surface area contributed by atoms with Gasteiger partial charge in [-0.3, -0.25) is 0 Å². The summed E-state index contributed by atoms with van der Waals surface area (Å²) in [5, 5.41) is 9.82. The fourth-order valence-electron chi connectivity index (χ4n) is 9.53. The molecule has 5 heteroatoms. The van der Waals surface area contributed by atoms with E-state index in [0.29, 0.717) is 17.5 Å². The molecule has 3 heterocycles. The second-order valence-electron chi connectivity index (χ2n) is 16.4. The van der Waals surface area contributed by atoms with Gasteiger partial charge in [-0.1, -0.05) is 182 Å². The number of para-hydroxylation sites is 2. The Hall–Kier alpha value is -8.25.